The van der Waals surface area contributed by atoms with Gasteiger partial charge in [-0.1, -0.05) is 13.0 Å². The van der Waals surface area contributed by atoms with Gasteiger partial charge < -0.3 is 10.2 Å². The van der Waals surface area contributed by atoms with Gasteiger partial charge in [-0.15, -0.1) is 6.58 Å². The molecule has 0 heterocycles. The zero-order valence-corrected chi connectivity index (χ0v) is 14.0. The molecule has 1 aromatic carbocycles. The number of nitrogens with zero attached hydrogens (tertiary/aromatic N) is 1. The Morgan fingerprint density at radius 3 is 2.57 bits per heavy atom. The summed E-state index contributed by atoms with van der Waals surface area (Å²) in [6.07, 6.45) is 2.95. The van der Waals surface area contributed by atoms with E-state index in [0.717, 1.165) is 30.8 Å². The maximum Gasteiger partial charge on any atom is 0.123 e. The van der Waals surface area contributed by atoms with Gasteiger partial charge in [-0.3, -0.25) is 0 Å². The van der Waals surface area contributed by atoms with Crippen molar-refractivity contribution in [1.82, 2.24) is 5.32 Å². The maximum absolute atomic E-state index is 13.7. The summed E-state index contributed by atoms with van der Waals surface area (Å²) in [5.74, 6) is -0.189. The predicted molar refractivity (Wildman–Crippen MR) is 90.4 cm³/mol. The van der Waals surface area contributed by atoms with Crippen LogP contribution in [0.4, 0.5) is 10.1 Å². The zero-order valence-electron chi connectivity index (χ0n) is 14.0. The van der Waals surface area contributed by atoms with Gasteiger partial charge in [0, 0.05) is 23.8 Å². The Morgan fingerprint density at radius 2 is 2.05 bits per heavy atom. The van der Waals surface area contributed by atoms with E-state index in [9.17, 15) is 4.39 Å². The van der Waals surface area contributed by atoms with Crippen molar-refractivity contribution in [2.24, 2.45) is 0 Å². The van der Waals surface area contributed by atoms with Crippen molar-refractivity contribution >= 4 is 5.69 Å². The second-order valence-corrected chi connectivity index (χ2v) is 6.45. The van der Waals surface area contributed by atoms with Gasteiger partial charge in [-0.2, -0.15) is 0 Å². The quantitative estimate of drug-likeness (QED) is 0.734. The molecule has 21 heavy (non-hydrogen) atoms. The van der Waals surface area contributed by atoms with Gasteiger partial charge in [0.25, 0.3) is 0 Å². The van der Waals surface area contributed by atoms with Crippen molar-refractivity contribution in [3.63, 3.8) is 0 Å². The smallest absolute Gasteiger partial charge is 0.123 e. The van der Waals surface area contributed by atoms with E-state index in [-0.39, 0.29) is 17.4 Å². The summed E-state index contributed by atoms with van der Waals surface area (Å²) in [4.78, 5) is 2.26. The van der Waals surface area contributed by atoms with Gasteiger partial charge in [0.15, 0.2) is 0 Å². The molecule has 1 atom stereocenters. The molecule has 118 valence electrons. The van der Waals surface area contributed by atoms with Crippen LogP contribution in [0, 0.1) is 5.82 Å². The molecule has 0 spiro atoms. The molecule has 0 saturated carbocycles. The Kier molecular flexibility index (Phi) is 6.41. The fourth-order valence-electron chi connectivity index (χ4n) is 2.45. The van der Waals surface area contributed by atoms with Crippen molar-refractivity contribution in [2.45, 2.75) is 52.6 Å². The van der Waals surface area contributed by atoms with Gasteiger partial charge in [-0.05, 0) is 64.4 Å². The minimum atomic E-state index is -0.189. The molecule has 1 unspecified atom stereocenters. The van der Waals surface area contributed by atoms with Crippen molar-refractivity contribution in [2.75, 3.05) is 18.0 Å². The van der Waals surface area contributed by atoms with E-state index in [1.54, 1.807) is 6.07 Å². The van der Waals surface area contributed by atoms with E-state index in [4.69, 9.17) is 0 Å². The van der Waals surface area contributed by atoms with Crippen LogP contribution in [0.1, 0.15) is 52.6 Å². The Balaban J connectivity index is 3.23. The molecule has 2 nitrogen and oxygen atoms in total. The van der Waals surface area contributed by atoms with Crippen molar-refractivity contribution in [3.8, 4) is 0 Å². The Labute approximate surface area is 129 Å². The third kappa shape index (κ3) is 4.85. The SMILES string of the molecule is C=CCN(c1ccc(F)cc1C(C)NCCC)C(C)(C)C. The highest BCUT2D eigenvalue weighted by Gasteiger charge is 2.24. The number of anilines is 1. The minimum Gasteiger partial charge on any atom is -0.363 e. The molecule has 0 aliphatic rings. The molecular weight excluding hydrogens is 263 g/mol. The lowest BCUT2D eigenvalue weighted by Crippen LogP contribution is -2.42. The van der Waals surface area contributed by atoms with E-state index in [1.165, 1.54) is 6.07 Å². The molecule has 0 saturated heterocycles. The first kappa shape index (κ1) is 17.7. The van der Waals surface area contributed by atoms with Crippen LogP contribution >= 0.6 is 0 Å². The minimum absolute atomic E-state index is 0.0504. The molecule has 0 aliphatic carbocycles. The van der Waals surface area contributed by atoms with Crippen molar-refractivity contribution in [3.05, 3.63) is 42.2 Å². The highest BCUT2D eigenvalue weighted by atomic mass is 19.1. The number of rotatable bonds is 7. The van der Waals surface area contributed by atoms with Gasteiger partial charge in [0.2, 0.25) is 0 Å². The van der Waals surface area contributed by atoms with E-state index in [2.05, 4.69) is 51.4 Å². The van der Waals surface area contributed by atoms with Crippen LogP contribution in [0.5, 0.6) is 0 Å². The summed E-state index contributed by atoms with van der Waals surface area (Å²) in [5, 5.41) is 3.45. The third-order valence-electron chi connectivity index (χ3n) is 3.57. The van der Waals surface area contributed by atoms with Crippen LogP contribution in [0.2, 0.25) is 0 Å². The van der Waals surface area contributed by atoms with Crippen LogP contribution in [-0.2, 0) is 0 Å². The molecule has 0 radical (unpaired) electrons. The summed E-state index contributed by atoms with van der Waals surface area (Å²) >= 11 is 0. The number of hydrogen-bond acceptors (Lipinski definition) is 2. The molecule has 0 bridgehead atoms. The molecule has 0 fully saturated rings. The number of halogens is 1. The fourth-order valence-corrected chi connectivity index (χ4v) is 2.45. The monoisotopic (exact) mass is 292 g/mol. The standard InChI is InChI=1S/C18H29FN2/c1-7-11-20-14(3)16-13-15(19)9-10-17(16)21(12-8-2)18(4,5)6/h8-10,13-14,20H,2,7,11-12H2,1,3-6H3. The third-order valence-corrected chi connectivity index (χ3v) is 3.57. The van der Waals surface area contributed by atoms with Crippen molar-refractivity contribution in [1.29, 1.82) is 0 Å². The Hall–Kier alpha value is -1.35. The molecule has 0 amide bonds. The molecule has 1 N–H and O–H groups in total. The summed E-state index contributed by atoms with van der Waals surface area (Å²) in [7, 11) is 0. The first-order valence-electron chi connectivity index (χ1n) is 7.72. The molecule has 1 aromatic rings. The van der Waals surface area contributed by atoms with Crippen molar-refractivity contribution < 1.29 is 4.39 Å². The van der Waals surface area contributed by atoms with Crippen LogP contribution in [-0.4, -0.2) is 18.6 Å². The maximum atomic E-state index is 13.7. The second kappa shape index (κ2) is 7.60. The highest BCUT2D eigenvalue weighted by molar-refractivity contribution is 5.57. The molecule has 0 aromatic heterocycles. The number of benzene rings is 1. The molecule has 1 rings (SSSR count). The van der Waals surface area contributed by atoms with Crippen LogP contribution < -0.4 is 10.2 Å². The van der Waals surface area contributed by atoms with Gasteiger partial charge in [-0.25, -0.2) is 4.39 Å². The predicted octanol–water partition coefficient (Wildman–Crippen LogP) is 4.68. The zero-order chi connectivity index (χ0) is 16.0. The van der Waals surface area contributed by atoms with E-state index in [0.29, 0.717) is 0 Å². The van der Waals surface area contributed by atoms with Crippen LogP contribution in [0.15, 0.2) is 30.9 Å². The Bertz CT molecular complexity index is 463. The number of nitrogens with one attached hydrogen (secondary N) is 1. The first-order chi connectivity index (χ1) is 9.81. The van der Waals surface area contributed by atoms with Crippen LogP contribution in [0.3, 0.4) is 0 Å². The van der Waals surface area contributed by atoms with Gasteiger partial charge in [0.1, 0.15) is 5.82 Å². The second-order valence-electron chi connectivity index (χ2n) is 6.45. The lowest BCUT2D eigenvalue weighted by atomic mass is 9.99. The van der Waals surface area contributed by atoms with E-state index in [1.807, 2.05) is 12.1 Å². The fraction of sp³-hybridized carbons (Fsp3) is 0.556. The number of hydrogen-bond donors (Lipinski definition) is 1. The van der Waals surface area contributed by atoms with E-state index < -0.39 is 0 Å². The summed E-state index contributed by atoms with van der Waals surface area (Å²) in [6, 6.07) is 5.17. The van der Waals surface area contributed by atoms with E-state index >= 15 is 0 Å². The highest BCUT2D eigenvalue weighted by Crippen LogP contribution is 2.32. The first-order valence-corrected chi connectivity index (χ1v) is 7.72. The molecule has 0 aliphatic heterocycles. The van der Waals surface area contributed by atoms with Gasteiger partial charge >= 0.3 is 0 Å². The average molecular weight is 292 g/mol. The van der Waals surface area contributed by atoms with Crippen LogP contribution in [0.25, 0.3) is 0 Å². The molecular formula is C18H29FN2. The lowest BCUT2D eigenvalue weighted by Gasteiger charge is -2.39. The average Bonchev–Trinajstić information content (AvgIpc) is 2.41. The van der Waals surface area contributed by atoms with Gasteiger partial charge in [0.05, 0.1) is 0 Å². The summed E-state index contributed by atoms with van der Waals surface area (Å²) in [5.41, 5.74) is 2.02. The molecule has 3 heteroatoms. The lowest BCUT2D eigenvalue weighted by molar-refractivity contribution is 0.510. The largest absolute Gasteiger partial charge is 0.363 e. The summed E-state index contributed by atoms with van der Waals surface area (Å²) < 4.78 is 13.7. The summed E-state index contributed by atoms with van der Waals surface area (Å²) in [6.45, 7) is 16.2. The normalized spacial score (nSPS) is 13.0. The topological polar surface area (TPSA) is 15.3 Å². The Morgan fingerprint density at radius 1 is 1.38 bits per heavy atom.